The van der Waals surface area contributed by atoms with Gasteiger partial charge in [-0.3, -0.25) is 9.78 Å². The predicted octanol–water partition coefficient (Wildman–Crippen LogP) is 0.878. The van der Waals surface area contributed by atoms with Gasteiger partial charge in [0.2, 0.25) is 0 Å². The minimum Gasteiger partial charge on any atom is -0.381 e. The van der Waals surface area contributed by atoms with Crippen LogP contribution in [0, 0.1) is 0 Å². The van der Waals surface area contributed by atoms with E-state index in [2.05, 4.69) is 15.3 Å². The van der Waals surface area contributed by atoms with Crippen LogP contribution in [0.25, 0.3) is 0 Å². The highest BCUT2D eigenvalue weighted by Gasteiger charge is 2.06. The zero-order chi connectivity index (χ0) is 13.0. The summed E-state index contributed by atoms with van der Waals surface area (Å²) in [4.78, 5) is 18.9. The Morgan fingerprint density at radius 3 is 3.06 bits per heavy atom. The zero-order valence-electron chi connectivity index (χ0n) is 10.1. The van der Waals surface area contributed by atoms with Crippen molar-refractivity contribution in [1.29, 1.82) is 0 Å². The normalized spacial score (nSPS) is 12.1. The smallest absolute Gasteiger partial charge is 0.267 e. The molecule has 0 aliphatic rings. The molecule has 1 unspecified atom stereocenters. The van der Waals surface area contributed by atoms with Gasteiger partial charge < -0.3 is 15.6 Å². The third kappa shape index (κ3) is 3.07. The van der Waals surface area contributed by atoms with Gasteiger partial charge in [0.25, 0.3) is 5.91 Å². The van der Waals surface area contributed by atoms with Crippen LogP contribution in [0.4, 0.5) is 5.69 Å². The Bertz CT molecular complexity index is 523. The second-order valence-electron chi connectivity index (χ2n) is 4.10. The Morgan fingerprint density at radius 1 is 1.56 bits per heavy atom. The van der Waals surface area contributed by atoms with Gasteiger partial charge in [0.1, 0.15) is 5.69 Å². The molecular weight excluding hydrogens is 230 g/mol. The molecule has 2 heterocycles. The summed E-state index contributed by atoms with van der Waals surface area (Å²) in [5.74, 6) is -0.527. The van der Waals surface area contributed by atoms with Gasteiger partial charge in [0.05, 0.1) is 6.33 Å². The summed E-state index contributed by atoms with van der Waals surface area (Å²) in [5, 5.41) is 3.28. The van der Waals surface area contributed by atoms with Crippen LogP contribution in [0.15, 0.2) is 37.1 Å². The van der Waals surface area contributed by atoms with Crippen LogP contribution in [-0.2, 0) is 6.54 Å². The van der Waals surface area contributed by atoms with E-state index >= 15 is 0 Å². The number of hydrogen-bond acceptors (Lipinski definition) is 4. The number of carbonyl (C=O) groups is 1. The minimum atomic E-state index is -0.527. The van der Waals surface area contributed by atoms with Crippen molar-refractivity contribution in [1.82, 2.24) is 14.5 Å². The molecule has 0 radical (unpaired) electrons. The average molecular weight is 245 g/mol. The lowest BCUT2D eigenvalue weighted by Gasteiger charge is -2.15. The van der Waals surface area contributed by atoms with Gasteiger partial charge in [-0.1, -0.05) is 0 Å². The molecule has 2 aromatic rings. The number of imidazole rings is 1. The molecule has 2 rings (SSSR count). The summed E-state index contributed by atoms with van der Waals surface area (Å²) in [6.07, 6.45) is 6.97. The number of pyridine rings is 1. The van der Waals surface area contributed by atoms with E-state index in [0.717, 1.165) is 12.2 Å². The lowest BCUT2D eigenvalue weighted by molar-refractivity contribution is 0.0995. The first-order chi connectivity index (χ1) is 8.65. The third-order valence-corrected chi connectivity index (χ3v) is 2.47. The fourth-order valence-electron chi connectivity index (χ4n) is 1.70. The molecule has 0 saturated heterocycles. The minimum absolute atomic E-state index is 0.197. The molecule has 2 aromatic heterocycles. The molecule has 0 spiro atoms. The van der Waals surface area contributed by atoms with Crippen molar-refractivity contribution in [2.45, 2.75) is 19.5 Å². The van der Waals surface area contributed by atoms with Crippen molar-refractivity contribution in [3.8, 4) is 0 Å². The van der Waals surface area contributed by atoms with Gasteiger partial charge in [0, 0.05) is 36.9 Å². The molecule has 0 aromatic carbocycles. The van der Waals surface area contributed by atoms with Crippen molar-refractivity contribution >= 4 is 11.6 Å². The summed E-state index contributed by atoms with van der Waals surface area (Å²) < 4.78 is 1.98. The van der Waals surface area contributed by atoms with Crippen LogP contribution < -0.4 is 11.1 Å². The number of nitrogens with two attached hydrogens (primary N) is 1. The maximum absolute atomic E-state index is 11.0. The monoisotopic (exact) mass is 245 g/mol. The molecule has 0 aliphatic heterocycles. The van der Waals surface area contributed by atoms with Crippen molar-refractivity contribution in [3.63, 3.8) is 0 Å². The van der Waals surface area contributed by atoms with E-state index in [4.69, 9.17) is 5.73 Å². The van der Waals surface area contributed by atoms with E-state index in [1.165, 1.54) is 0 Å². The number of nitrogens with one attached hydrogen (secondary N) is 1. The van der Waals surface area contributed by atoms with E-state index < -0.39 is 5.91 Å². The molecule has 18 heavy (non-hydrogen) atoms. The second kappa shape index (κ2) is 5.31. The number of nitrogens with zero attached hydrogens (tertiary/aromatic N) is 3. The van der Waals surface area contributed by atoms with Crippen LogP contribution in [0.3, 0.4) is 0 Å². The maximum atomic E-state index is 11.0. The van der Waals surface area contributed by atoms with Crippen LogP contribution in [-0.4, -0.2) is 26.5 Å². The Morgan fingerprint density at radius 2 is 2.39 bits per heavy atom. The van der Waals surface area contributed by atoms with Crippen molar-refractivity contribution in [2.75, 3.05) is 5.32 Å². The zero-order valence-corrected chi connectivity index (χ0v) is 10.1. The van der Waals surface area contributed by atoms with Gasteiger partial charge in [-0.15, -0.1) is 0 Å². The van der Waals surface area contributed by atoms with Crippen LogP contribution in [0.1, 0.15) is 17.4 Å². The van der Waals surface area contributed by atoms with Crippen molar-refractivity contribution in [3.05, 3.63) is 42.7 Å². The molecule has 0 saturated carbocycles. The van der Waals surface area contributed by atoms with Crippen molar-refractivity contribution < 1.29 is 4.79 Å². The lowest BCUT2D eigenvalue weighted by atomic mass is 10.2. The van der Waals surface area contributed by atoms with Crippen LogP contribution in [0.5, 0.6) is 0 Å². The number of carbonyl (C=O) groups excluding carboxylic acids is 1. The standard InChI is InChI=1S/C12H15N5O/c1-9(7-17-5-4-14-8-17)16-10-2-3-15-11(6-10)12(13)18/h2-6,8-9H,7H2,1H3,(H2,13,18)(H,15,16). The maximum Gasteiger partial charge on any atom is 0.267 e. The summed E-state index contributed by atoms with van der Waals surface area (Å²) in [7, 11) is 0. The number of anilines is 1. The Hall–Kier alpha value is -2.37. The van der Waals surface area contributed by atoms with Gasteiger partial charge in [-0.2, -0.15) is 0 Å². The highest BCUT2D eigenvalue weighted by atomic mass is 16.1. The van der Waals surface area contributed by atoms with Gasteiger partial charge in [0.15, 0.2) is 0 Å². The summed E-state index contributed by atoms with van der Waals surface area (Å²) in [6, 6.07) is 3.64. The summed E-state index contributed by atoms with van der Waals surface area (Å²) >= 11 is 0. The van der Waals surface area contributed by atoms with E-state index in [1.54, 1.807) is 30.9 Å². The molecule has 3 N–H and O–H groups in total. The predicted molar refractivity (Wildman–Crippen MR) is 68.1 cm³/mol. The number of aromatic nitrogens is 3. The highest BCUT2D eigenvalue weighted by Crippen LogP contribution is 2.10. The molecular formula is C12H15N5O. The van der Waals surface area contributed by atoms with Crippen LogP contribution >= 0.6 is 0 Å². The van der Waals surface area contributed by atoms with E-state index in [-0.39, 0.29) is 11.7 Å². The lowest BCUT2D eigenvalue weighted by Crippen LogP contribution is -2.22. The molecule has 1 atom stereocenters. The Kier molecular flexibility index (Phi) is 3.57. The number of rotatable bonds is 5. The fourth-order valence-corrected chi connectivity index (χ4v) is 1.70. The first-order valence-corrected chi connectivity index (χ1v) is 5.63. The molecule has 6 nitrogen and oxygen atoms in total. The quantitative estimate of drug-likeness (QED) is 0.818. The Balaban J connectivity index is 2.00. The summed E-state index contributed by atoms with van der Waals surface area (Å²) in [5.41, 5.74) is 6.27. The van der Waals surface area contributed by atoms with E-state index in [9.17, 15) is 4.79 Å². The first kappa shape index (κ1) is 12.1. The molecule has 94 valence electrons. The topological polar surface area (TPSA) is 85.8 Å². The number of amides is 1. The summed E-state index contributed by atoms with van der Waals surface area (Å²) in [6.45, 7) is 2.83. The first-order valence-electron chi connectivity index (χ1n) is 5.63. The SMILES string of the molecule is CC(Cn1ccnc1)Nc1ccnc(C(N)=O)c1. The fraction of sp³-hybridized carbons (Fsp3) is 0.250. The average Bonchev–Trinajstić information content (AvgIpc) is 2.82. The van der Waals surface area contributed by atoms with Gasteiger partial charge in [-0.05, 0) is 19.1 Å². The molecule has 1 amide bonds. The Labute approximate surface area is 105 Å². The van der Waals surface area contributed by atoms with E-state index in [1.807, 2.05) is 17.7 Å². The second-order valence-corrected chi connectivity index (χ2v) is 4.10. The van der Waals surface area contributed by atoms with E-state index in [0.29, 0.717) is 0 Å². The largest absolute Gasteiger partial charge is 0.381 e. The molecule has 6 heteroatoms. The highest BCUT2D eigenvalue weighted by molar-refractivity contribution is 5.91. The van der Waals surface area contributed by atoms with Crippen LogP contribution in [0.2, 0.25) is 0 Å². The van der Waals surface area contributed by atoms with Crippen molar-refractivity contribution in [2.24, 2.45) is 5.73 Å². The van der Waals surface area contributed by atoms with Gasteiger partial charge in [-0.25, -0.2) is 4.98 Å². The molecule has 0 aliphatic carbocycles. The number of hydrogen-bond donors (Lipinski definition) is 2. The third-order valence-electron chi connectivity index (χ3n) is 2.47. The molecule has 0 bridgehead atoms. The van der Waals surface area contributed by atoms with Gasteiger partial charge >= 0.3 is 0 Å². The number of primary amides is 1. The molecule has 0 fully saturated rings.